The van der Waals surface area contributed by atoms with Crippen molar-refractivity contribution in [3.8, 4) is 0 Å². The minimum absolute atomic E-state index is 0.238. The van der Waals surface area contributed by atoms with Gasteiger partial charge in [-0.3, -0.25) is 14.5 Å². The zero-order chi connectivity index (χ0) is 36.2. The summed E-state index contributed by atoms with van der Waals surface area (Å²) in [7, 11) is -1.46. The van der Waals surface area contributed by atoms with Crippen LogP contribution < -0.4 is 0 Å². The van der Waals surface area contributed by atoms with Crippen molar-refractivity contribution in [1.82, 2.24) is 4.90 Å². The molecule has 17 heteroatoms. The van der Waals surface area contributed by atoms with Crippen LogP contribution in [0.15, 0.2) is 12.2 Å². The van der Waals surface area contributed by atoms with Crippen molar-refractivity contribution in [2.45, 2.75) is 19.6 Å². The molecular formula is C33H63NO15Si. The highest BCUT2D eigenvalue weighted by molar-refractivity contribution is 6.69. The van der Waals surface area contributed by atoms with Gasteiger partial charge in [0.25, 0.3) is 11.8 Å². The first kappa shape index (κ1) is 46.6. The SMILES string of the molecule is C[Si](C)(C)OCCOCCOCCOCCOCCOCCOCCOCCOCCOCCOCCOCCOCCN1C(=O)C=CC1=O. The summed E-state index contributed by atoms with van der Waals surface area (Å²) in [5.41, 5.74) is 0. The minimum atomic E-state index is -1.46. The van der Waals surface area contributed by atoms with Crippen molar-refractivity contribution in [1.29, 1.82) is 0 Å². The van der Waals surface area contributed by atoms with E-state index >= 15 is 0 Å². The van der Waals surface area contributed by atoms with Crippen LogP contribution in [0.5, 0.6) is 0 Å². The van der Waals surface area contributed by atoms with Crippen LogP contribution in [0.1, 0.15) is 0 Å². The lowest BCUT2D eigenvalue weighted by Gasteiger charge is -2.16. The summed E-state index contributed by atoms with van der Waals surface area (Å²) in [6.07, 6.45) is 2.51. The number of amides is 2. The predicted molar refractivity (Wildman–Crippen MR) is 185 cm³/mol. The molecule has 0 radical (unpaired) electrons. The van der Waals surface area contributed by atoms with E-state index in [4.69, 9.17) is 61.3 Å². The molecule has 0 aromatic heterocycles. The highest BCUT2D eigenvalue weighted by Gasteiger charge is 2.22. The van der Waals surface area contributed by atoms with Gasteiger partial charge in [-0.15, -0.1) is 0 Å². The van der Waals surface area contributed by atoms with Gasteiger partial charge >= 0.3 is 0 Å². The Labute approximate surface area is 299 Å². The van der Waals surface area contributed by atoms with Crippen molar-refractivity contribution in [2.24, 2.45) is 0 Å². The van der Waals surface area contributed by atoms with E-state index in [0.29, 0.717) is 159 Å². The summed E-state index contributed by atoms with van der Waals surface area (Å²) in [5, 5.41) is 0. The summed E-state index contributed by atoms with van der Waals surface area (Å²) < 4.78 is 71.2. The van der Waals surface area contributed by atoms with Gasteiger partial charge in [0.15, 0.2) is 8.32 Å². The first-order chi connectivity index (χ1) is 24.4. The topological polar surface area (TPSA) is 157 Å². The molecule has 0 fully saturated rings. The van der Waals surface area contributed by atoms with Gasteiger partial charge in [0.05, 0.1) is 172 Å². The Morgan fingerprint density at radius 3 is 0.780 bits per heavy atom. The number of nitrogens with zero attached hydrogens (tertiary/aromatic N) is 1. The molecule has 0 aromatic carbocycles. The monoisotopic (exact) mass is 741 g/mol. The zero-order valence-electron chi connectivity index (χ0n) is 30.6. The molecule has 0 atom stereocenters. The molecule has 0 aromatic rings. The van der Waals surface area contributed by atoms with Crippen LogP contribution in [-0.2, 0) is 70.9 Å². The Kier molecular flexibility index (Phi) is 32.3. The Morgan fingerprint density at radius 1 is 0.360 bits per heavy atom. The fourth-order valence-electron chi connectivity index (χ4n) is 3.74. The van der Waals surface area contributed by atoms with Gasteiger partial charge in [-0.1, -0.05) is 0 Å². The molecule has 1 aliphatic rings. The molecule has 1 rings (SSSR count). The van der Waals surface area contributed by atoms with E-state index in [1.54, 1.807) is 0 Å². The van der Waals surface area contributed by atoms with E-state index in [9.17, 15) is 9.59 Å². The van der Waals surface area contributed by atoms with Crippen LogP contribution in [0.3, 0.4) is 0 Å². The normalized spacial score (nSPS) is 13.4. The molecule has 50 heavy (non-hydrogen) atoms. The number of hydrogen-bond acceptors (Lipinski definition) is 15. The lowest BCUT2D eigenvalue weighted by Crippen LogP contribution is -2.33. The molecule has 0 unspecified atom stereocenters. The predicted octanol–water partition coefficient (Wildman–Crippen LogP) is 0.962. The van der Waals surface area contributed by atoms with Crippen molar-refractivity contribution >= 4 is 20.1 Å². The van der Waals surface area contributed by atoms with Gasteiger partial charge < -0.3 is 61.3 Å². The zero-order valence-corrected chi connectivity index (χ0v) is 31.6. The Hall–Kier alpha value is -1.42. The second-order valence-electron chi connectivity index (χ2n) is 11.5. The smallest absolute Gasteiger partial charge is 0.253 e. The van der Waals surface area contributed by atoms with E-state index in [1.807, 2.05) is 0 Å². The summed E-state index contributed by atoms with van der Waals surface area (Å²) in [6, 6.07) is 0. The quantitative estimate of drug-likeness (QED) is 0.0497. The van der Waals surface area contributed by atoms with Gasteiger partial charge in [-0.2, -0.15) is 0 Å². The molecular weight excluding hydrogens is 678 g/mol. The summed E-state index contributed by atoms with van der Waals surface area (Å²) in [5.74, 6) is -0.614. The van der Waals surface area contributed by atoms with E-state index < -0.39 is 8.32 Å². The van der Waals surface area contributed by atoms with E-state index in [1.165, 1.54) is 12.2 Å². The van der Waals surface area contributed by atoms with Crippen LogP contribution in [0, 0.1) is 0 Å². The van der Waals surface area contributed by atoms with Gasteiger partial charge in [0.2, 0.25) is 0 Å². The lowest BCUT2D eigenvalue weighted by molar-refractivity contribution is -0.137. The number of ether oxygens (including phenoxy) is 12. The van der Waals surface area contributed by atoms with Crippen LogP contribution >= 0.6 is 0 Å². The molecule has 0 spiro atoms. The molecule has 0 saturated carbocycles. The Morgan fingerprint density at radius 2 is 0.560 bits per heavy atom. The molecule has 0 saturated heterocycles. The third-order valence-corrected chi connectivity index (χ3v) is 7.28. The molecule has 0 aliphatic carbocycles. The minimum Gasteiger partial charge on any atom is -0.415 e. The molecule has 0 bridgehead atoms. The molecule has 1 heterocycles. The average molecular weight is 742 g/mol. The van der Waals surface area contributed by atoms with Crippen molar-refractivity contribution in [3.63, 3.8) is 0 Å². The second kappa shape index (κ2) is 34.7. The van der Waals surface area contributed by atoms with Gasteiger partial charge in [-0.25, -0.2) is 0 Å². The fourth-order valence-corrected chi connectivity index (χ4v) is 4.43. The summed E-state index contributed by atoms with van der Waals surface area (Å²) >= 11 is 0. The first-order valence-corrected chi connectivity index (χ1v) is 20.9. The van der Waals surface area contributed by atoms with Crippen molar-refractivity contribution < 1.29 is 70.9 Å². The standard InChI is InChI=1S/C33H63NO15Si/c1-50(2,3)49-31-30-48-29-28-47-27-26-46-25-24-45-23-22-44-21-20-43-19-18-42-17-16-41-15-14-40-13-12-39-11-10-38-9-8-37-7-6-34-32(35)4-5-33(34)36/h4-5H,6-31H2,1-3H3. The number of carbonyl (C=O) groups is 2. The molecule has 1 aliphatic heterocycles. The Balaban J connectivity index is 1.62. The fraction of sp³-hybridized carbons (Fsp3) is 0.879. The molecule has 16 nitrogen and oxygen atoms in total. The maximum absolute atomic E-state index is 11.4. The highest BCUT2D eigenvalue weighted by atomic mass is 28.4. The maximum atomic E-state index is 11.4. The molecule has 294 valence electrons. The van der Waals surface area contributed by atoms with Gasteiger partial charge in [0, 0.05) is 12.2 Å². The van der Waals surface area contributed by atoms with Crippen LogP contribution in [0.2, 0.25) is 19.6 Å². The van der Waals surface area contributed by atoms with E-state index in [2.05, 4.69) is 19.6 Å². The largest absolute Gasteiger partial charge is 0.415 e. The van der Waals surface area contributed by atoms with Gasteiger partial charge in [0.1, 0.15) is 0 Å². The van der Waals surface area contributed by atoms with Crippen LogP contribution in [-0.4, -0.2) is 197 Å². The molecule has 0 N–H and O–H groups in total. The third kappa shape index (κ3) is 32.5. The second-order valence-corrected chi connectivity index (χ2v) is 16.0. The number of rotatable bonds is 40. The van der Waals surface area contributed by atoms with E-state index in [0.717, 1.165) is 4.90 Å². The summed E-state index contributed by atoms with van der Waals surface area (Å²) in [4.78, 5) is 23.9. The number of carbonyl (C=O) groups excluding carboxylic acids is 2. The third-order valence-electron chi connectivity index (χ3n) is 6.21. The van der Waals surface area contributed by atoms with Crippen LogP contribution in [0.25, 0.3) is 0 Å². The number of hydrogen-bond donors (Lipinski definition) is 0. The van der Waals surface area contributed by atoms with Crippen LogP contribution in [0.4, 0.5) is 0 Å². The van der Waals surface area contributed by atoms with E-state index in [-0.39, 0.29) is 25.0 Å². The first-order valence-electron chi connectivity index (χ1n) is 17.5. The lowest BCUT2D eigenvalue weighted by atomic mass is 10.5. The Bertz CT molecular complexity index is 801. The number of imide groups is 1. The maximum Gasteiger partial charge on any atom is 0.253 e. The van der Waals surface area contributed by atoms with Crippen molar-refractivity contribution in [3.05, 3.63) is 12.2 Å². The summed E-state index contributed by atoms with van der Waals surface area (Å²) in [6.45, 7) is 18.9. The molecule has 2 amide bonds. The average Bonchev–Trinajstić information content (AvgIpc) is 3.41. The van der Waals surface area contributed by atoms with Gasteiger partial charge in [-0.05, 0) is 19.6 Å². The highest BCUT2D eigenvalue weighted by Crippen LogP contribution is 2.03. The van der Waals surface area contributed by atoms with Crippen molar-refractivity contribution in [2.75, 3.05) is 172 Å².